The Morgan fingerprint density at radius 2 is 2.20 bits per heavy atom. The number of rotatable bonds is 6. The van der Waals surface area contributed by atoms with E-state index in [-0.39, 0.29) is 6.01 Å². The molecule has 1 fully saturated rings. The fourth-order valence-electron chi connectivity index (χ4n) is 1.59. The molecule has 0 aliphatic heterocycles. The van der Waals surface area contributed by atoms with Crippen LogP contribution in [-0.2, 0) is 0 Å². The highest BCUT2D eigenvalue weighted by atomic mass is 32.2. The van der Waals surface area contributed by atoms with Crippen molar-refractivity contribution in [1.29, 1.82) is 0 Å². The van der Waals surface area contributed by atoms with Crippen LogP contribution >= 0.6 is 11.8 Å². The molecule has 106 valence electrons. The van der Waals surface area contributed by atoms with Crippen LogP contribution in [-0.4, -0.2) is 48.8 Å². The molecule has 9 nitrogen and oxygen atoms in total. The smallest absolute Gasteiger partial charge is 0.321 e. The second kappa shape index (κ2) is 5.57. The van der Waals surface area contributed by atoms with Gasteiger partial charge in [0.1, 0.15) is 0 Å². The molecule has 2 aromatic heterocycles. The van der Waals surface area contributed by atoms with Crippen molar-refractivity contribution in [2.24, 2.45) is 0 Å². The number of aromatic nitrogens is 7. The Morgan fingerprint density at radius 3 is 2.90 bits per heavy atom. The van der Waals surface area contributed by atoms with Crippen molar-refractivity contribution in [2.45, 2.75) is 36.1 Å². The predicted molar refractivity (Wildman–Crippen MR) is 70.8 cm³/mol. The molecule has 0 radical (unpaired) electrons. The monoisotopic (exact) mass is 294 g/mol. The zero-order valence-corrected chi connectivity index (χ0v) is 12.0. The van der Waals surface area contributed by atoms with Gasteiger partial charge in [-0.2, -0.15) is 15.0 Å². The second-order valence-electron chi connectivity index (χ2n) is 4.20. The molecule has 2 heterocycles. The lowest BCUT2D eigenvalue weighted by molar-refractivity contribution is 0.373. The first-order valence-electron chi connectivity index (χ1n) is 6.29. The molecule has 1 saturated carbocycles. The van der Waals surface area contributed by atoms with Gasteiger partial charge in [0.15, 0.2) is 0 Å². The highest BCUT2D eigenvalue weighted by Crippen LogP contribution is 2.37. The van der Waals surface area contributed by atoms with E-state index in [0.29, 0.717) is 22.3 Å². The van der Waals surface area contributed by atoms with Crippen LogP contribution in [0.4, 0.5) is 5.95 Å². The van der Waals surface area contributed by atoms with Crippen LogP contribution in [0.5, 0.6) is 6.01 Å². The van der Waals surface area contributed by atoms with E-state index in [1.807, 2.05) is 11.6 Å². The van der Waals surface area contributed by atoms with Crippen molar-refractivity contribution < 1.29 is 4.74 Å². The Labute approximate surface area is 119 Å². The van der Waals surface area contributed by atoms with Gasteiger partial charge in [0.25, 0.3) is 0 Å². The van der Waals surface area contributed by atoms with Crippen molar-refractivity contribution in [3.8, 4) is 6.01 Å². The molecule has 0 bridgehead atoms. The molecule has 10 heteroatoms. The van der Waals surface area contributed by atoms with Gasteiger partial charge in [0, 0.05) is 6.54 Å². The predicted octanol–water partition coefficient (Wildman–Crippen LogP) is 0.785. The topological polar surface area (TPSA) is 104 Å². The van der Waals surface area contributed by atoms with Gasteiger partial charge in [0.05, 0.1) is 13.2 Å². The summed E-state index contributed by atoms with van der Waals surface area (Å²) in [5.41, 5.74) is 0. The number of nitrogens with one attached hydrogen (secondary N) is 1. The second-order valence-corrected chi connectivity index (χ2v) is 5.13. The molecule has 1 aliphatic rings. The zero-order valence-electron chi connectivity index (χ0n) is 11.1. The van der Waals surface area contributed by atoms with Crippen molar-refractivity contribution in [3.05, 3.63) is 0 Å². The molecule has 0 atom stereocenters. The number of tetrazole rings is 1. The molecule has 0 aromatic carbocycles. The number of hydrogen-bond donors (Lipinski definition) is 1. The molecule has 2 aromatic rings. The molecule has 0 unspecified atom stereocenters. The first-order chi connectivity index (χ1) is 9.80. The maximum Gasteiger partial charge on any atom is 0.321 e. The lowest BCUT2D eigenvalue weighted by Crippen LogP contribution is -2.06. The first-order valence-corrected chi connectivity index (χ1v) is 7.11. The summed E-state index contributed by atoms with van der Waals surface area (Å²) in [4.78, 5) is 12.6. The third kappa shape index (κ3) is 2.79. The minimum absolute atomic E-state index is 0.267. The Hall–Kier alpha value is -1.97. The van der Waals surface area contributed by atoms with E-state index in [0.717, 1.165) is 19.4 Å². The summed E-state index contributed by atoms with van der Waals surface area (Å²) in [7, 11) is 1.52. The highest BCUT2D eigenvalue weighted by molar-refractivity contribution is 7.99. The third-order valence-electron chi connectivity index (χ3n) is 2.65. The minimum Gasteiger partial charge on any atom is -0.467 e. The molecule has 20 heavy (non-hydrogen) atoms. The van der Waals surface area contributed by atoms with Gasteiger partial charge in [-0.1, -0.05) is 0 Å². The molecular formula is C10H14N8OS. The maximum atomic E-state index is 5.08. The standard InChI is InChI=1S/C10H14N8OS/c1-3-11-7-12-8(19-2)14-9(13-7)20-10-15-16-17-18(10)6-4-5-6/h6H,3-5H2,1-2H3,(H,11,12,13,14). The lowest BCUT2D eigenvalue weighted by Gasteiger charge is -2.06. The third-order valence-corrected chi connectivity index (χ3v) is 3.47. The molecule has 1 N–H and O–H groups in total. The number of methoxy groups -OCH3 is 1. The van der Waals surface area contributed by atoms with E-state index in [1.54, 1.807) is 0 Å². The van der Waals surface area contributed by atoms with E-state index < -0.39 is 0 Å². The quantitative estimate of drug-likeness (QED) is 0.827. The van der Waals surface area contributed by atoms with Gasteiger partial charge in [-0.3, -0.25) is 0 Å². The number of nitrogens with zero attached hydrogens (tertiary/aromatic N) is 7. The molecule has 1 aliphatic carbocycles. The fraction of sp³-hybridized carbons (Fsp3) is 0.600. The van der Waals surface area contributed by atoms with Crippen LogP contribution in [0.1, 0.15) is 25.8 Å². The average Bonchev–Trinajstić information content (AvgIpc) is 3.19. The molecule has 0 saturated heterocycles. The summed E-state index contributed by atoms with van der Waals surface area (Å²) >= 11 is 1.30. The van der Waals surface area contributed by atoms with Crippen LogP contribution in [0.25, 0.3) is 0 Å². The number of hydrogen-bond acceptors (Lipinski definition) is 9. The van der Waals surface area contributed by atoms with Crippen molar-refractivity contribution >= 4 is 17.7 Å². The summed E-state index contributed by atoms with van der Waals surface area (Å²) in [5, 5.41) is 15.9. The SMILES string of the molecule is CCNc1nc(OC)nc(Sc2nnnn2C2CC2)n1. The molecule has 0 spiro atoms. The van der Waals surface area contributed by atoms with E-state index >= 15 is 0 Å². The minimum atomic E-state index is 0.267. The summed E-state index contributed by atoms with van der Waals surface area (Å²) in [5.74, 6) is 0.479. The van der Waals surface area contributed by atoms with Crippen LogP contribution in [0.15, 0.2) is 10.3 Å². The van der Waals surface area contributed by atoms with Gasteiger partial charge in [-0.25, -0.2) is 4.68 Å². The average molecular weight is 294 g/mol. The molecule has 0 amide bonds. The van der Waals surface area contributed by atoms with Crippen molar-refractivity contribution in [3.63, 3.8) is 0 Å². The number of ether oxygens (including phenoxy) is 1. The van der Waals surface area contributed by atoms with E-state index in [2.05, 4.69) is 35.8 Å². The van der Waals surface area contributed by atoms with Gasteiger partial charge in [-0.15, -0.1) is 5.10 Å². The Balaban J connectivity index is 1.85. The zero-order chi connectivity index (χ0) is 13.9. The van der Waals surface area contributed by atoms with Crippen LogP contribution < -0.4 is 10.1 Å². The van der Waals surface area contributed by atoms with Crippen molar-refractivity contribution in [1.82, 2.24) is 35.2 Å². The molecular weight excluding hydrogens is 280 g/mol. The summed E-state index contributed by atoms with van der Waals surface area (Å²) in [6.45, 7) is 2.69. The van der Waals surface area contributed by atoms with Crippen LogP contribution in [0.2, 0.25) is 0 Å². The Kier molecular flexibility index (Phi) is 3.63. The van der Waals surface area contributed by atoms with Crippen molar-refractivity contribution in [2.75, 3.05) is 19.0 Å². The highest BCUT2D eigenvalue weighted by Gasteiger charge is 2.28. The number of anilines is 1. The Morgan fingerprint density at radius 1 is 1.35 bits per heavy atom. The lowest BCUT2D eigenvalue weighted by atomic mass is 10.7. The van der Waals surface area contributed by atoms with Gasteiger partial charge in [-0.05, 0) is 42.0 Å². The Bertz CT molecular complexity index is 599. The van der Waals surface area contributed by atoms with Gasteiger partial charge < -0.3 is 10.1 Å². The molecule has 3 rings (SSSR count). The van der Waals surface area contributed by atoms with E-state index in [9.17, 15) is 0 Å². The summed E-state index contributed by atoms with van der Waals surface area (Å²) in [6, 6.07) is 0.674. The van der Waals surface area contributed by atoms with Crippen LogP contribution in [0.3, 0.4) is 0 Å². The first kappa shape index (κ1) is 13.0. The van der Waals surface area contributed by atoms with E-state index in [4.69, 9.17) is 4.74 Å². The fourth-order valence-corrected chi connectivity index (χ4v) is 2.37. The van der Waals surface area contributed by atoms with Gasteiger partial charge in [0.2, 0.25) is 16.3 Å². The van der Waals surface area contributed by atoms with Crippen LogP contribution in [0, 0.1) is 0 Å². The summed E-state index contributed by atoms with van der Waals surface area (Å²) in [6.07, 6.45) is 2.23. The normalized spacial score (nSPS) is 14.3. The van der Waals surface area contributed by atoms with Gasteiger partial charge >= 0.3 is 6.01 Å². The summed E-state index contributed by atoms with van der Waals surface area (Å²) < 4.78 is 6.89. The maximum absolute atomic E-state index is 5.08. The largest absolute Gasteiger partial charge is 0.467 e. The van der Waals surface area contributed by atoms with E-state index in [1.165, 1.54) is 18.9 Å².